The van der Waals surface area contributed by atoms with Gasteiger partial charge in [-0.05, 0) is 40.5 Å². The maximum absolute atomic E-state index is 12.3. The molecule has 0 fully saturated rings. The fraction of sp³-hybridized carbons (Fsp3) is 0.130. The van der Waals surface area contributed by atoms with Gasteiger partial charge in [-0.25, -0.2) is 4.98 Å². The third-order valence-corrected chi connectivity index (χ3v) is 4.80. The van der Waals surface area contributed by atoms with Gasteiger partial charge in [0.1, 0.15) is 0 Å². The van der Waals surface area contributed by atoms with Gasteiger partial charge in [0.05, 0.1) is 19.3 Å². The first-order valence-corrected chi connectivity index (χ1v) is 8.84. The summed E-state index contributed by atoms with van der Waals surface area (Å²) in [6, 6.07) is 18.1. The Balaban J connectivity index is 1.78. The molecule has 134 valence electrons. The van der Waals surface area contributed by atoms with Crippen molar-refractivity contribution in [3.05, 3.63) is 77.5 Å². The van der Waals surface area contributed by atoms with Crippen LogP contribution in [0.2, 0.25) is 0 Å². The highest BCUT2D eigenvalue weighted by molar-refractivity contribution is 5.95. The number of ether oxygens (including phenoxy) is 1. The Kier molecular flexibility index (Phi) is 4.47. The van der Waals surface area contributed by atoms with Gasteiger partial charge in [-0.3, -0.25) is 4.79 Å². The van der Waals surface area contributed by atoms with Crippen molar-refractivity contribution in [1.29, 1.82) is 0 Å². The van der Waals surface area contributed by atoms with Crippen molar-refractivity contribution < 1.29 is 9.53 Å². The van der Waals surface area contributed by atoms with Gasteiger partial charge in [0.25, 0.3) is 0 Å². The molecule has 2 heterocycles. The van der Waals surface area contributed by atoms with E-state index < -0.39 is 0 Å². The third-order valence-electron chi connectivity index (χ3n) is 4.80. The lowest BCUT2D eigenvalue weighted by atomic mass is 9.97. The van der Waals surface area contributed by atoms with Crippen LogP contribution in [0.4, 0.5) is 5.69 Å². The molecule has 1 aromatic heterocycles. The molecule has 0 atom stereocenters. The van der Waals surface area contributed by atoms with Crippen LogP contribution in [0.15, 0.2) is 60.8 Å². The standard InChI is InChI=1S/C23H20N2O2/c1-16(26)25-15-21-10-9-18(20-11-12-23(27-2)24-14-20)13-19(21)8-7-17-5-3-4-6-22(17)25/h3-14H,15H2,1-2H3. The van der Waals surface area contributed by atoms with Gasteiger partial charge in [0.15, 0.2) is 0 Å². The molecule has 27 heavy (non-hydrogen) atoms. The molecule has 0 radical (unpaired) electrons. The maximum atomic E-state index is 12.3. The Labute approximate surface area is 158 Å². The minimum absolute atomic E-state index is 0.0344. The number of pyridine rings is 1. The lowest BCUT2D eigenvalue weighted by Crippen LogP contribution is -2.29. The fourth-order valence-electron chi connectivity index (χ4n) is 3.34. The summed E-state index contributed by atoms with van der Waals surface area (Å²) in [6.07, 6.45) is 6.00. The lowest BCUT2D eigenvalue weighted by Gasteiger charge is -2.26. The predicted octanol–water partition coefficient (Wildman–Crippen LogP) is 4.79. The lowest BCUT2D eigenvalue weighted by molar-refractivity contribution is -0.116. The van der Waals surface area contributed by atoms with Crippen molar-refractivity contribution in [3.63, 3.8) is 0 Å². The van der Waals surface area contributed by atoms with E-state index in [4.69, 9.17) is 4.74 Å². The van der Waals surface area contributed by atoms with E-state index in [9.17, 15) is 4.79 Å². The molecule has 1 aliphatic rings. The van der Waals surface area contributed by atoms with E-state index in [1.54, 1.807) is 14.0 Å². The second-order valence-electron chi connectivity index (χ2n) is 6.50. The molecule has 0 unspecified atom stereocenters. The second kappa shape index (κ2) is 7.08. The van der Waals surface area contributed by atoms with Crippen LogP contribution in [0.25, 0.3) is 23.3 Å². The van der Waals surface area contributed by atoms with Crippen LogP contribution < -0.4 is 9.64 Å². The molecule has 4 nitrogen and oxygen atoms in total. The molecule has 3 aromatic rings. The topological polar surface area (TPSA) is 42.4 Å². The van der Waals surface area contributed by atoms with E-state index in [-0.39, 0.29) is 5.91 Å². The van der Waals surface area contributed by atoms with Crippen molar-refractivity contribution in [2.24, 2.45) is 0 Å². The molecular formula is C23H20N2O2. The molecule has 0 spiro atoms. The number of nitrogens with zero attached hydrogens (tertiary/aromatic N) is 2. The van der Waals surface area contributed by atoms with Gasteiger partial charge in [-0.15, -0.1) is 0 Å². The van der Waals surface area contributed by atoms with Crippen LogP contribution in [0.3, 0.4) is 0 Å². The average Bonchev–Trinajstić information content (AvgIpc) is 2.69. The molecule has 4 rings (SSSR count). The first-order valence-electron chi connectivity index (χ1n) is 8.84. The molecular weight excluding hydrogens is 336 g/mol. The monoisotopic (exact) mass is 356 g/mol. The number of amides is 1. The molecule has 4 heteroatoms. The van der Waals surface area contributed by atoms with Gasteiger partial charge < -0.3 is 9.64 Å². The third kappa shape index (κ3) is 3.34. The van der Waals surface area contributed by atoms with Crippen LogP contribution in [0.1, 0.15) is 23.6 Å². The number of anilines is 1. The van der Waals surface area contributed by atoms with Gasteiger partial charge in [-0.1, -0.05) is 42.5 Å². The fourth-order valence-corrected chi connectivity index (χ4v) is 3.34. The first-order chi connectivity index (χ1) is 13.2. The summed E-state index contributed by atoms with van der Waals surface area (Å²) in [6.45, 7) is 2.16. The van der Waals surface area contributed by atoms with E-state index in [0.29, 0.717) is 12.4 Å². The van der Waals surface area contributed by atoms with E-state index in [0.717, 1.165) is 33.5 Å². The smallest absolute Gasteiger partial charge is 0.224 e. The Morgan fingerprint density at radius 2 is 1.78 bits per heavy atom. The number of benzene rings is 2. The summed E-state index contributed by atoms with van der Waals surface area (Å²) >= 11 is 0. The zero-order valence-electron chi connectivity index (χ0n) is 15.3. The molecule has 1 aliphatic heterocycles. The molecule has 0 bridgehead atoms. The summed E-state index contributed by atoms with van der Waals surface area (Å²) in [5, 5.41) is 0. The van der Waals surface area contributed by atoms with Crippen LogP contribution in [0.5, 0.6) is 5.88 Å². The molecule has 0 saturated heterocycles. The Morgan fingerprint density at radius 1 is 1.00 bits per heavy atom. The zero-order chi connectivity index (χ0) is 18.8. The highest BCUT2D eigenvalue weighted by Gasteiger charge is 2.18. The van der Waals surface area contributed by atoms with Gasteiger partial charge in [0.2, 0.25) is 11.8 Å². The van der Waals surface area contributed by atoms with Gasteiger partial charge in [0, 0.05) is 24.8 Å². The van der Waals surface area contributed by atoms with E-state index in [2.05, 4.69) is 35.3 Å². The Bertz CT molecular complexity index is 1020. The number of para-hydroxylation sites is 1. The molecule has 0 saturated carbocycles. The van der Waals surface area contributed by atoms with Crippen molar-refractivity contribution in [2.75, 3.05) is 12.0 Å². The summed E-state index contributed by atoms with van der Waals surface area (Å²) in [4.78, 5) is 18.4. The summed E-state index contributed by atoms with van der Waals surface area (Å²) in [5.41, 5.74) is 6.30. The number of rotatable bonds is 2. The van der Waals surface area contributed by atoms with Crippen molar-refractivity contribution in [2.45, 2.75) is 13.5 Å². The highest BCUT2D eigenvalue weighted by atomic mass is 16.5. The van der Waals surface area contributed by atoms with Crippen LogP contribution in [0, 0.1) is 0 Å². The van der Waals surface area contributed by atoms with Crippen LogP contribution in [-0.4, -0.2) is 18.0 Å². The molecule has 1 amide bonds. The number of fused-ring (bicyclic) bond motifs is 2. The van der Waals surface area contributed by atoms with Crippen molar-refractivity contribution in [1.82, 2.24) is 4.98 Å². The number of aromatic nitrogens is 1. The number of carbonyl (C=O) groups excluding carboxylic acids is 1. The van der Waals surface area contributed by atoms with E-state index in [1.165, 1.54) is 0 Å². The highest BCUT2D eigenvalue weighted by Crippen LogP contribution is 2.31. The first kappa shape index (κ1) is 17.0. The SMILES string of the molecule is COc1ccc(-c2ccc3c(c2)C=Cc2ccccc2N(C(C)=O)C3)cn1. The predicted molar refractivity (Wildman–Crippen MR) is 108 cm³/mol. The Morgan fingerprint density at radius 3 is 2.52 bits per heavy atom. The molecule has 2 aromatic carbocycles. The average molecular weight is 356 g/mol. The summed E-state index contributed by atoms with van der Waals surface area (Å²) < 4.78 is 5.13. The van der Waals surface area contributed by atoms with Gasteiger partial charge in [-0.2, -0.15) is 0 Å². The second-order valence-corrected chi connectivity index (χ2v) is 6.50. The van der Waals surface area contributed by atoms with Crippen LogP contribution >= 0.6 is 0 Å². The summed E-state index contributed by atoms with van der Waals surface area (Å²) in [7, 11) is 1.61. The largest absolute Gasteiger partial charge is 0.481 e. The van der Waals surface area contributed by atoms with Crippen LogP contribution in [-0.2, 0) is 11.3 Å². The number of carbonyl (C=O) groups is 1. The summed E-state index contributed by atoms with van der Waals surface area (Å²) in [5.74, 6) is 0.630. The number of hydrogen-bond donors (Lipinski definition) is 0. The quantitative estimate of drug-likeness (QED) is 0.663. The number of hydrogen-bond acceptors (Lipinski definition) is 3. The zero-order valence-corrected chi connectivity index (χ0v) is 15.3. The molecule has 0 N–H and O–H groups in total. The van der Waals surface area contributed by atoms with Crippen molar-refractivity contribution >= 4 is 23.7 Å². The normalized spacial score (nSPS) is 12.6. The van der Waals surface area contributed by atoms with Gasteiger partial charge >= 0.3 is 0 Å². The van der Waals surface area contributed by atoms with Crippen molar-refractivity contribution in [3.8, 4) is 17.0 Å². The maximum Gasteiger partial charge on any atom is 0.224 e. The molecule has 0 aliphatic carbocycles. The number of methoxy groups -OCH3 is 1. The minimum Gasteiger partial charge on any atom is -0.481 e. The minimum atomic E-state index is 0.0344. The van der Waals surface area contributed by atoms with E-state index >= 15 is 0 Å². The van der Waals surface area contributed by atoms with E-state index in [1.807, 2.05) is 47.5 Å². The Hall–Kier alpha value is -3.40.